The van der Waals surface area contributed by atoms with Crippen molar-refractivity contribution < 1.29 is 24.3 Å². The number of aromatic nitrogens is 2. The molecule has 0 radical (unpaired) electrons. The van der Waals surface area contributed by atoms with E-state index >= 15 is 0 Å². The average molecular weight is 404 g/mol. The zero-order chi connectivity index (χ0) is 20.5. The van der Waals surface area contributed by atoms with E-state index in [2.05, 4.69) is 22.0 Å². The van der Waals surface area contributed by atoms with Gasteiger partial charge in [0.1, 0.15) is 0 Å². The molecule has 0 aliphatic carbocycles. The number of carboxylic acid groups (broad SMARTS) is 2. The topological polar surface area (TPSA) is 117 Å². The zero-order valence-corrected chi connectivity index (χ0v) is 15.7. The standard InChI is InChI=1S/C15H14ClN3O.C4H4O4/c1-2-9-19(12-5-7-17-8-6-12)15-13-4-3-11(16)10-14(13)20-18-15;5-3(6)1-2-4(7)8/h3-8,10H,2,9H2,1H3;1-2H,(H,5,6)(H,7,8)/b;2-1-. The molecule has 0 spiro atoms. The largest absolute Gasteiger partial charge is 0.478 e. The average Bonchev–Trinajstić information content (AvgIpc) is 3.08. The van der Waals surface area contributed by atoms with Gasteiger partial charge in [0, 0.05) is 47.9 Å². The van der Waals surface area contributed by atoms with Gasteiger partial charge in [-0.2, -0.15) is 0 Å². The van der Waals surface area contributed by atoms with E-state index in [0.717, 1.165) is 29.9 Å². The van der Waals surface area contributed by atoms with Crippen molar-refractivity contribution in [2.24, 2.45) is 0 Å². The number of hydrogen-bond donors (Lipinski definition) is 2. The van der Waals surface area contributed by atoms with Gasteiger partial charge in [-0.3, -0.25) is 4.98 Å². The summed E-state index contributed by atoms with van der Waals surface area (Å²) < 4.78 is 5.39. The highest BCUT2D eigenvalue weighted by atomic mass is 35.5. The van der Waals surface area contributed by atoms with Crippen LogP contribution in [-0.2, 0) is 9.59 Å². The van der Waals surface area contributed by atoms with Crippen LogP contribution in [0.5, 0.6) is 0 Å². The molecule has 0 fully saturated rings. The molecule has 3 rings (SSSR count). The third-order valence-corrected chi connectivity index (χ3v) is 3.70. The molecule has 0 aliphatic heterocycles. The fraction of sp³-hybridized carbons (Fsp3) is 0.158. The van der Waals surface area contributed by atoms with E-state index in [0.29, 0.717) is 22.8 Å². The molecule has 0 saturated heterocycles. The molecule has 0 saturated carbocycles. The number of pyridine rings is 1. The SMILES string of the molecule is CCCN(c1ccncc1)c1noc2cc(Cl)ccc12.O=C(O)/C=C\C(=O)O. The van der Waals surface area contributed by atoms with E-state index in [9.17, 15) is 9.59 Å². The highest BCUT2D eigenvalue weighted by Gasteiger charge is 2.16. The molecule has 0 aliphatic rings. The molecule has 9 heteroatoms. The van der Waals surface area contributed by atoms with Gasteiger partial charge in [-0.25, -0.2) is 9.59 Å². The Morgan fingerprint density at radius 2 is 1.79 bits per heavy atom. The maximum absolute atomic E-state index is 9.55. The van der Waals surface area contributed by atoms with E-state index in [-0.39, 0.29) is 0 Å². The minimum atomic E-state index is -1.26. The molecule has 3 aromatic rings. The normalized spacial score (nSPS) is 10.5. The Hall–Kier alpha value is -3.39. The van der Waals surface area contributed by atoms with Crippen LogP contribution in [0.4, 0.5) is 11.5 Å². The van der Waals surface area contributed by atoms with Crippen LogP contribution in [0.2, 0.25) is 5.02 Å². The number of rotatable bonds is 6. The lowest BCUT2D eigenvalue weighted by atomic mass is 10.2. The van der Waals surface area contributed by atoms with Crippen LogP contribution in [0.15, 0.2) is 59.4 Å². The number of hydrogen-bond acceptors (Lipinski definition) is 6. The summed E-state index contributed by atoms with van der Waals surface area (Å²) in [6.45, 7) is 2.99. The van der Waals surface area contributed by atoms with Crippen LogP contribution in [0.25, 0.3) is 11.0 Å². The molecule has 2 N–H and O–H groups in total. The molecule has 0 amide bonds. The zero-order valence-electron chi connectivity index (χ0n) is 14.9. The lowest BCUT2D eigenvalue weighted by Gasteiger charge is -2.21. The Kier molecular flexibility index (Phi) is 7.53. The molecular weight excluding hydrogens is 386 g/mol. The second-order valence-electron chi connectivity index (χ2n) is 5.51. The number of halogens is 1. The minimum Gasteiger partial charge on any atom is -0.478 e. The maximum Gasteiger partial charge on any atom is 0.328 e. The first-order valence-electron chi connectivity index (χ1n) is 8.28. The molecule has 1 aromatic carbocycles. The summed E-state index contributed by atoms with van der Waals surface area (Å²) in [5.74, 6) is -1.70. The summed E-state index contributed by atoms with van der Waals surface area (Å²) in [7, 11) is 0. The Balaban J connectivity index is 0.000000300. The summed E-state index contributed by atoms with van der Waals surface area (Å²) in [5.41, 5.74) is 1.75. The summed E-state index contributed by atoms with van der Waals surface area (Å²) in [5, 5.41) is 21.4. The molecule has 2 heterocycles. The van der Waals surface area contributed by atoms with Crippen molar-refractivity contribution in [2.45, 2.75) is 13.3 Å². The van der Waals surface area contributed by atoms with Crippen LogP contribution in [0.1, 0.15) is 13.3 Å². The Morgan fingerprint density at radius 3 is 2.36 bits per heavy atom. The Bertz CT molecular complexity index is 956. The van der Waals surface area contributed by atoms with Crippen molar-refractivity contribution in [3.05, 3.63) is 59.9 Å². The van der Waals surface area contributed by atoms with Gasteiger partial charge in [0.05, 0.1) is 5.39 Å². The fourth-order valence-electron chi connectivity index (χ4n) is 2.34. The van der Waals surface area contributed by atoms with Gasteiger partial charge in [-0.15, -0.1) is 0 Å². The molecule has 2 aromatic heterocycles. The Labute approximate surface area is 165 Å². The molecule has 146 valence electrons. The lowest BCUT2D eigenvalue weighted by Crippen LogP contribution is -2.18. The molecule has 28 heavy (non-hydrogen) atoms. The number of benzene rings is 1. The first-order valence-corrected chi connectivity index (χ1v) is 8.66. The van der Waals surface area contributed by atoms with E-state index in [1.807, 2.05) is 24.3 Å². The van der Waals surface area contributed by atoms with Crippen LogP contribution >= 0.6 is 11.6 Å². The van der Waals surface area contributed by atoms with Gasteiger partial charge in [0.15, 0.2) is 11.4 Å². The van der Waals surface area contributed by atoms with Crippen molar-refractivity contribution in [3.63, 3.8) is 0 Å². The smallest absolute Gasteiger partial charge is 0.328 e. The van der Waals surface area contributed by atoms with Crippen LogP contribution < -0.4 is 4.90 Å². The first kappa shape index (κ1) is 20.9. The van der Waals surface area contributed by atoms with Gasteiger partial charge in [-0.1, -0.05) is 23.7 Å². The third kappa shape index (κ3) is 5.82. The predicted molar refractivity (Wildman–Crippen MR) is 105 cm³/mol. The monoisotopic (exact) mass is 403 g/mol. The number of aliphatic carboxylic acids is 2. The summed E-state index contributed by atoms with van der Waals surface area (Å²) >= 11 is 5.98. The Morgan fingerprint density at radius 1 is 1.14 bits per heavy atom. The van der Waals surface area contributed by atoms with Gasteiger partial charge in [0.2, 0.25) is 0 Å². The fourth-order valence-corrected chi connectivity index (χ4v) is 2.50. The minimum absolute atomic E-state index is 0.558. The molecular formula is C19H18ClN3O5. The van der Waals surface area contributed by atoms with Crippen LogP contribution in [0, 0.1) is 0 Å². The molecule has 8 nitrogen and oxygen atoms in total. The maximum atomic E-state index is 9.55. The molecule has 0 unspecified atom stereocenters. The van der Waals surface area contributed by atoms with Crippen LogP contribution in [0.3, 0.4) is 0 Å². The predicted octanol–water partition coefficient (Wildman–Crippen LogP) is 4.14. The van der Waals surface area contributed by atoms with Gasteiger partial charge < -0.3 is 19.6 Å². The first-order chi connectivity index (χ1) is 13.4. The quantitative estimate of drug-likeness (QED) is 0.590. The van der Waals surface area contributed by atoms with Crippen molar-refractivity contribution >= 4 is 46.0 Å². The summed E-state index contributed by atoms with van der Waals surface area (Å²) in [6.07, 6.45) is 5.67. The van der Waals surface area contributed by atoms with E-state index in [4.69, 9.17) is 26.3 Å². The number of anilines is 2. The van der Waals surface area contributed by atoms with Crippen molar-refractivity contribution in [3.8, 4) is 0 Å². The molecule has 0 bridgehead atoms. The second kappa shape index (κ2) is 10.1. The van der Waals surface area contributed by atoms with E-state index < -0.39 is 11.9 Å². The van der Waals surface area contributed by atoms with Gasteiger partial charge >= 0.3 is 11.9 Å². The highest BCUT2D eigenvalue weighted by Crippen LogP contribution is 2.32. The van der Waals surface area contributed by atoms with Gasteiger partial charge in [0.25, 0.3) is 0 Å². The van der Waals surface area contributed by atoms with E-state index in [1.165, 1.54) is 0 Å². The number of carbonyl (C=O) groups is 2. The van der Waals surface area contributed by atoms with Crippen molar-refractivity contribution in [1.82, 2.24) is 10.1 Å². The summed E-state index contributed by atoms with van der Waals surface area (Å²) in [4.78, 5) is 25.3. The molecule has 0 atom stereocenters. The number of fused-ring (bicyclic) bond motifs is 1. The summed E-state index contributed by atoms with van der Waals surface area (Å²) in [6, 6.07) is 9.50. The van der Waals surface area contributed by atoms with E-state index in [1.54, 1.807) is 18.5 Å². The number of carboxylic acids is 2. The number of nitrogens with zero attached hydrogens (tertiary/aromatic N) is 3. The lowest BCUT2D eigenvalue weighted by molar-refractivity contribution is -0.134. The third-order valence-electron chi connectivity index (χ3n) is 3.46. The van der Waals surface area contributed by atoms with Crippen molar-refractivity contribution in [1.29, 1.82) is 0 Å². The van der Waals surface area contributed by atoms with Gasteiger partial charge in [-0.05, 0) is 30.7 Å². The second-order valence-corrected chi connectivity index (χ2v) is 5.95. The highest BCUT2D eigenvalue weighted by molar-refractivity contribution is 6.31. The van der Waals surface area contributed by atoms with Crippen LogP contribution in [-0.4, -0.2) is 38.8 Å². The van der Waals surface area contributed by atoms with Crippen molar-refractivity contribution in [2.75, 3.05) is 11.4 Å².